The number of hydrogen-bond donors (Lipinski definition) is 3. The lowest BCUT2D eigenvalue weighted by atomic mass is 9.96. The van der Waals surface area contributed by atoms with E-state index in [1.807, 2.05) is 19.9 Å². The molecule has 1 atom stereocenters. The zero-order valence-electron chi connectivity index (χ0n) is 14.8. The number of Topliss-reactive ketones (excluding diaryl/α,β-unsaturated/α-hetero) is 1. The number of rotatable bonds is 4. The number of dihydropyridines is 1. The number of alkyl halides is 1. The van der Waals surface area contributed by atoms with E-state index in [1.165, 1.54) is 6.20 Å². The molecule has 2 aliphatic heterocycles. The van der Waals surface area contributed by atoms with Crippen LogP contribution in [-0.4, -0.2) is 54.6 Å². The van der Waals surface area contributed by atoms with Crippen molar-refractivity contribution in [3.63, 3.8) is 0 Å². The lowest BCUT2D eigenvalue weighted by Gasteiger charge is -2.35. The molecule has 4 N–H and O–H groups in total. The summed E-state index contributed by atoms with van der Waals surface area (Å²) in [6.07, 6.45) is 5.04. The number of nitrogens with one attached hydrogen (secondary N) is 2. The predicted octanol–water partition coefficient (Wildman–Crippen LogP) is 1.49. The van der Waals surface area contributed by atoms with E-state index < -0.39 is 12.7 Å². The molecular weight excluding hydrogens is 321 g/mol. The average molecular weight is 347 g/mol. The van der Waals surface area contributed by atoms with Crippen molar-refractivity contribution in [3.8, 4) is 0 Å². The van der Waals surface area contributed by atoms with Gasteiger partial charge in [-0.15, -0.1) is 0 Å². The summed E-state index contributed by atoms with van der Waals surface area (Å²) in [5, 5.41) is 6.44. The molecule has 136 valence electrons. The molecule has 0 bridgehead atoms. The van der Waals surface area contributed by atoms with Crippen molar-refractivity contribution in [2.75, 3.05) is 38.6 Å². The molecule has 1 saturated heterocycles. The van der Waals surface area contributed by atoms with Gasteiger partial charge in [-0.1, -0.05) is 19.9 Å². The van der Waals surface area contributed by atoms with E-state index >= 15 is 0 Å². The predicted molar refractivity (Wildman–Crippen MR) is 97.8 cm³/mol. The number of pyridine rings is 1. The third-order valence-electron chi connectivity index (χ3n) is 4.10. The van der Waals surface area contributed by atoms with Crippen LogP contribution < -0.4 is 16.4 Å². The first-order valence-electron chi connectivity index (χ1n) is 8.64. The minimum Gasteiger partial charge on any atom is -0.383 e. The van der Waals surface area contributed by atoms with Crippen molar-refractivity contribution < 1.29 is 9.18 Å². The highest BCUT2D eigenvalue weighted by Crippen LogP contribution is 2.20. The summed E-state index contributed by atoms with van der Waals surface area (Å²) in [7, 11) is 0. The number of ketones is 1. The Bertz CT molecular complexity index is 653. The monoisotopic (exact) mass is 347 g/mol. The van der Waals surface area contributed by atoms with E-state index in [-0.39, 0.29) is 11.6 Å². The fourth-order valence-corrected chi connectivity index (χ4v) is 2.81. The van der Waals surface area contributed by atoms with Gasteiger partial charge < -0.3 is 21.3 Å². The third-order valence-corrected chi connectivity index (χ3v) is 4.10. The number of halogens is 1. The molecule has 1 aromatic heterocycles. The van der Waals surface area contributed by atoms with Gasteiger partial charge >= 0.3 is 0 Å². The van der Waals surface area contributed by atoms with Crippen LogP contribution in [0.5, 0.6) is 0 Å². The molecule has 6 nitrogen and oxygen atoms in total. The van der Waals surface area contributed by atoms with Crippen molar-refractivity contribution in [2.24, 2.45) is 0 Å². The molecule has 2 aliphatic rings. The standard InChI is InChI=1S/C16H20FN5O.C2H6/c17-10-11-3-4-13(22-8-6-19-7-9-22)21-14(11)15(23)12-2-1-5-20-16(12)18;1-2/h1-5,14,19,21H,6-10H2,(H2,18,20);1-2H3. The van der Waals surface area contributed by atoms with Gasteiger partial charge in [-0.05, 0) is 23.8 Å². The highest BCUT2D eigenvalue weighted by molar-refractivity contribution is 6.05. The van der Waals surface area contributed by atoms with Crippen molar-refractivity contribution in [1.29, 1.82) is 0 Å². The Hall–Kier alpha value is -2.41. The fourth-order valence-electron chi connectivity index (χ4n) is 2.81. The second kappa shape index (κ2) is 9.17. The van der Waals surface area contributed by atoms with Crippen LogP contribution in [0.1, 0.15) is 24.2 Å². The number of carbonyl (C=O) groups is 1. The molecule has 3 rings (SSSR count). The Morgan fingerprint density at radius 1 is 1.36 bits per heavy atom. The SMILES string of the molecule is CC.Nc1ncccc1C(=O)C1NC(N2CCNCC2)=CC=C1CF. The average Bonchev–Trinajstić information content (AvgIpc) is 2.69. The number of aromatic nitrogens is 1. The number of nitrogens with two attached hydrogens (primary N) is 1. The van der Waals surface area contributed by atoms with Gasteiger partial charge in [-0.3, -0.25) is 4.79 Å². The third kappa shape index (κ3) is 4.36. The summed E-state index contributed by atoms with van der Waals surface area (Å²) in [6.45, 7) is 6.76. The number of carbonyl (C=O) groups excluding carboxylic acids is 1. The van der Waals surface area contributed by atoms with Crippen molar-refractivity contribution in [2.45, 2.75) is 19.9 Å². The second-order valence-corrected chi connectivity index (χ2v) is 5.54. The Labute approximate surface area is 148 Å². The first-order valence-corrected chi connectivity index (χ1v) is 8.64. The Morgan fingerprint density at radius 3 is 2.72 bits per heavy atom. The van der Waals surface area contributed by atoms with Crippen LogP contribution in [0, 0.1) is 0 Å². The minimum absolute atomic E-state index is 0.163. The maximum Gasteiger partial charge on any atom is 0.193 e. The molecule has 7 heteroatoms. The highest BCUT2D eigenvalue weighted by atomic mass is 19.1. The largest absolute Gasteiger partial charge is 0.383 e. The smallest absolute Gasteiger partial charge is 0.193 e. The molecule has 0 aromatic carbocycles. The van der Waals surface area contributed by atoms with Crippen molar-refractivity contribution in [1.82, 2.24) is 20.5 Å². The van der Waals surface area contributed by atoms with E-state index in [2.05, 4.69) is 20.5 Å². The lowest BCUT2D eigenvalue weighted by molar-refractivity contribution is 0.0953. The van der Waals surface area contributed by atoms with E-state index in [0.717, 1.165) is 32.0 Å². The summed E-state index contributed by atoms with van der Waals surface area (Å²) >= 11 is 0. The summed E-state index contributed by atoms with van der Waals surface area (Å²) in [6, 6.07) is 2.52. The summed E-state index contributed by atoms with van der Waals surface area (Å²) in [5.41, 5.74) is 6.50. The summed E-state index contributed by atoms with van der Waals surface area (Å²) < 4.78 is 13.3. The van der Waals surface area contributed by atoms with Gasteiger partial charge in [0.15, 0.2) is 5.78 Å². The molecule has 3 heterocycles. The second-order valence-electron chi connectivity index (χ2n) is 5.54. The van der Waals surface area contributed by atoms with Crippen molar-refractivity contribution >= 4 is 11.6 Å². The lowest BCUT2D eigenvalue weighted by Crippen LogP contribution is -2.50. The maximum absolute atomic E-state index is 13.3. The zero-order chi connectivity index (χ0) is 18.2. The van der Waals surface area contributed by atoms with Gasteiger partial charge in [0.05, 0.1) is 5.56 Å². The van der Waals surface area contributed by atoms with Gasteiger partial charge in [0.1, 0.15) is 24.4 Å². The van der Waals surface area contributed by atoms with Crippen LogP contribution in [0.3, 0.4) is 0 Å². The molecule has 1 fully saturated rings. The first-order chi connectivity index (χ1) is 12.2. The number of hydrogen-bond acceptors (Lipinski definition) is 6. The quantitative estimate of drug-likeness (QED) is 0.716. The molecule has 0 radical (unpaired) electrons. The molecular formula is C18H26FN5O. The molecule has 0 saturated carbocycles. The Balaban J connectivity index is 0.00000109. The van der Waals surface area contributed by atoms with Crippen LogP contribution >= 0.6 is 0 Å². The number of nitrogens with zero attached hydrogens (tertiary/aromatic N) is 2. The van der Waals surface area contributed by atoms with E-state index in [0.29, 0.717) is 11.1 Å². The van der Waals surface area contributed by atoms with E-state index in [9.17, 15) is 9.18 Å². The van der Waals surface area contributed by atoms with Crippen molar-refractivity contribution in [3.05, 3.63) is 47.4 Å². The Kier molecular flexibility index (Phi) is 6.94. The Morgan fingerprint density at radius 2 is 2.08 bits per heavy atom. The molecule has 0 spiro atoms. The summed E-state index contributed by atoms with van der Waals surface area (Å²) in [4.78, 5) is 18.9. The van der Waals surface area contributed by atoms with Gasteiger partial charge in [0.25, 0.3) is 0 Å². The van der Waals surface area contributed by atoms with E-state index in [4.69, 9.17) is 5.73 Å². The molecule has 0 amide bonds. The number of nitrogen functional groups attached to an aromatic ring is 1. The van der Waals surface area contributed by atoms with Crippen LogP contribution in [0.2, 0.25) is 0 Å². The number of piperazine rings is 1. The van der Waals surface area contributed by atoms with Crippen LogP contribution in [-0.2, 0) is 0 Å². The zero-order valence-corrected chi connectivity index (χ0v) is 14.8. The van der Waals surface area contributed by atoms with Gasteiger partial charge in [0.2, 0.25) is 0 Å². The van der Waals surface area contributed by atoms with Gasteiger partial charge in [-0.2, -0.15) is 0 Å². The number of anilines is 1. The topological polar surface area (TPSA) is 83.3 Å². The van der Waals surface area contributed by atoms with E-state index in [1.54, 1.807) is 18.2 Å². The van der Waals surface area contributed by atoms with Gasteiger partial charge in [0, 0.05) is 32.4 Å². The molecule has 25 heavy (non-hydrogen) atoms. The fraction of sp³-hybridized carbons (Fsp3) is 0.444. The first kappa shape index (κ1) is 18.9. The highest BCUT2D eigenvalue weighted by Gasteiger charge is 2.29. The maximum atomic E-state index is 13.3. The molecule has 1 aromatic rings. The van der Waals surface area contributed by atoms with Gasteiger partial charge in [-0.25, -0.2) is 9.37 Å². The van der Waals surface area contributed by atoms with Crippen LogP contribution in [0.4, 0.5) is 10.2 Å². The normalized spacial score (nSPS) is 19.8. The van der Waals surface area contributed by atoms with Crippen LogP contribution in [0.25, 0.3) is 0 Å². The molecule has 1 unspecified atom stereocenters. The number of allylic oxidation sites excluding steroid dienone is 2. The minimum atomic E-state index is -0.749. The van der Waals surface area contributed by atoms with Crippen LogP contribution in [0.15, 0.2) is 41.9 Å². The summed E-state index contributed by atoms with van der Waals surface area (Å²) in [5.74, 6) is 0.737. The molecule has 0 aliphatic carbocycles.